The Morgan fingerprint density at radius 1 is 1.12 bits per heavy atom. The molecule has 2 atom stereocenters. The van der Waals surface area contributed by atoms with Crippen molar-refractivity contribution in [3.8, 4) is 11.5 Å². The number of ether oxygens (including phenoxy) is 2. The molecule has 3 rings (SSSR count). The van der Waals surface area contributed by atoms with E-state index in [4.69, 9.17) is 13.7 Å². The van der Waals surface area contributed by atoms with E-state index in [1.165, 1.54) is 0 Å². The van der Waals surface area contributed by atoms with Crippen molar-refractivity contribution in [1.82, 2.24) is 10.2 Å². The van der Waals surface area contributed by atoms with E-state index < -0.39 is 22.5 Å². The van der Waals surface area contributed by atoms with Crippen molar-refractivity contribution < 1.29 is 31.4 Å². The third kappa shape index (κ3) is 8.44. The Hall–Kier alpha value is -1.88. The van der Waals surface area contributed by atoms with Gasteiger partial charge < -0.3 is 19.7 Å². The van der Waals surface area contributed by atoms with Gasteiger partial charge in [0.2, 0.25) is 5.91 Å². The molecule has 0 radical (unpaired) electrons. The fourth-order valence-corrected chi connectivity index (χ4v) is 4.86. The highest BCUT2D eigenvalue weighted by Crippen LogP contribution is 2.35. The maximum Gasteiger partial charge on any atom is 0.398 e. The second kappa shape index (κ2) is 12.5. The zero-order valence-electron chi connectivity index (χ0n) is 19.3. The largest absolute Gasteiger partial charge is 0.486 e. The van der Waals surface area contributed by atoms with Gasteiger partial charge in [0, 0.05) is 13.0 Å². The van der Waals surface area contributed by atoms with Crippen LogP contribution in [-0.4, -0.2) is 62.7 Å². The van der Waals surface area contributed by atoms with Crippen molar-refractivity contribution in [2.45, 2.75) is 70.4 Å². The summed E-state index contributed by atoms with van der Waals surface area (Å²) in [5, 5.41) is 2.98. The predicted octanol–water partition coefficient (Wildman–Crippen LogP) is 3.26. The van der Waals surface area contributed by atoms with Gasteiger partial charge in [0.05, 0.1) is 6.04 Å². The molecule has 2 N–H and O–H groups in total. The number of carbonyl (C=O) groups is 1. The molecule has 0 aromatic heterocycles. The number of fused-ring (bicyclic) bond motifs is 1. The average molecular weight is 485 g/mol. The highest BCUT2D eigenvalue weighted by Gasteiger charge is 2.33. The molecule has 0 aliphatic carbocycles. The lowest BCUT2D eigenvalue weighted by molar-refractivity contribution is -0.122. The molecule has 1 saturated heterocycles. The number of unbranched alkanes of at least 4 members (excludes halogenated alkanes) is 4. The number of likely N-dealkylation sites (tertiary alicyclic amines) is 1. The Balaban J connectivity index is 1.79. The molecule has 9 nitrogen and oxygen atoms in total. The third-order valence-electron chi connectivity index (χ3n) is 5.99. The van der Waals surface area contributed by atoms with Gasteiger partial charge in [0.25, 0.3) is 0 Å². The minimum absolute atomic E-state index is 0.155. The summed E-state index contributed by atoms with van der Waals surface area (Å²) < 4.78 is 49.4. The maximum absolute atomic E-state index is 12.8. The maximum atomic E-state index is 12.8. The first-order valence-corrected chi connectivity index (χ1v) is 13.3. The number of hydrogen-bond donors (Lipinski definition) is 2. The van der Waals surface area contributed by atoms with Gasteiger partial charge >= 0.3 is 10.4 Å². The summed E-state index contributed by atoms with van der Waals surface area (Å²) in [4.78, 5) is 14.9. The van der Waals surface area contributed by atoms with E-state index >= 15 is 0 Å². The van der Waals surface area contributed by atoms with Crippen molar-refractivity contribution in [1.29, 1.82) is 0 Å². The summed E-state index contributed by atoms with van der Waals surface area (Å²) in [5.74, 6) is 0.879. The molecule has 1 aromatic carbocycles. The Labute approximate surface area is 196 Å². The van der Waals surface area contributed by atoms with Crippen molar-refractivity contribution in [2.75, 3.05) is 32.8 Å². The molecular formula is C23H36N2O7S. The molecule has 0 unspecified atom stereocenters. The van der Waals surface area contributed by atoms with Crippen LogP contribution in [0.25, 0.3) is 0 Å². The van der Waals surface area contributed by atoms with E-state index in [0.29, 0.717) is 43.2 Å². The molecule has 10 heteroatoms. The normalized spacial score (nSPS) is 18.1. The number of nitrogens with zero attached hydrogens (tertiary/aromatic N) is 1. The lowest BCUT2D eigenvalue weighted by atomic mass is 10.0. The average Bonchev–Trinajstić information content (AvgIpc) is 3.29. The summed E-state index contributed by atoms with van der Waals surface area (Å²) in [6.07, 6.45) is 6.47. The first-order valence-electron chi connectivity index (χ1n) is 11.9. The van der Waals surface area contributed by atoms with E-state index in [1.807, 2.05) is 0 Å². The fourth-order valence-electron chi connectivity index (χ4n) is 4.35. The predicted molar refractivity (Wildman–Crippen MR) is 124 cm³/mol. The third-order valence-corrected chi connectivity index (χ3v) is 6.44. The molecule has 33 heavy (non-hydrogen) atoms. The van der Waals surface area contributed by atoms with E-state index in [0.717, 1.165) is 58.0 Å². The summed E-state index contributed by atoms with van der Waals surface area (Å²) >= 11 is 0. The summed E-state index contributed by atoms with van der Waals surface area (Å²) in [5.41, 5.74) is 0.476. The first-order chi connectivity index (χ1) is 15.9. The number of nitrogens with one attached hydrogen (secondary N) is 1. The van der Waals surface area contributed by atoms with Crippen LogP contribution in [0.2, 0.25) is 0 Å². The molecule has 1 amide bonds. The molecule has 0 spiro atoms. The Bertz CT molecular complexity index is 872. The smallest absolute Gasteiger partial charge is 0.398 e. The van der Waals surface area contributed by atoms with Crippen molar-refractivity contribution in [3.63, 3.8) is 0 Å². The molecule has 1 fully saturated rings. The number of carbonyl (C=O) groups excluding carboxylic acids is 1. The van der Waals surface area contributed by atoms with Crippen molar-refractivity contribution in [3.05, 3.63) is 23.8 Å². The lowest BCUT2D eigenvalue weighted by Crippen LogP contribution is -2.47. The molecule has 1 aromatic rings. The second-order valence-electron chi connectivity index (χ2n) is 8.69. The quantitative estimate of drug-likeness (QED) is 0.324. The van der Waals surface area contributed by atoms with Crippen LogP contribution in [0.15, 0.2) is 18.2 Å². The summed E-state index contributed by atoms with van der Waals surface area (Å²) in [6.45, 7) is 5.10. The monoisotopic (exact) mass is 484 g/mol. The molecule has 0 saturated carbocycles. The van der Waals surface area contributed by atoms with Crippen LogP contribution in [0.5, 0.6) is 11.5 Å². The minimum Gasteiger partial charge on any atom is -0.486 e. The van der Waals surface area contributed by atoms with Crippen LogP contribution in [0.1, 0.15) is 70.0 Å². The van der Waals surface area contributed by atoms with Gasteiger partial charge in [0.15, 0.2) is 11.5 Å². The van der Waals surface area contributed by atoms with Gasteiger partial charge in [-0.15, -0.1) is 0 Å². The van der Waals surface area contributed by atoms with Crippen LogP contribution < -0.4 is 14.8 Å². The lowest BCUT2D eigenvalue weighted by Gasteiger charge is -2.31. The second-order valence-corrected chi connectivity index (χ2v) is 9.74. The number of hydrogen-bond acceptors (Lipinski definition) is 7. The standard InChI is InChI=1S/C23H36N2O7S/c1-2-3-4-5-6-9-22(26)24-19(17-25-12-7-8-13-25)23(32-33(27,28)29)18-10-11-20-21(16-18)31-15-14-30-20/h10-11,16,19,23H,2-9,12-15,17H2,1H3,(H,24,26)(H,27,28,29)/t19-,23-/m1/s1. The number of benzene rings is 1. The molecule has 0 bridgehead atoms. The van der Waals surface area contributed by atoms with Crippen LogP contribution in [0, 0.1) is 0 Å². The van der Waals surface area contributed by atoms with E-state index in [2.05, 4.69) is 17.1 Å². The van der Waals surface area contributed by atoms with Crippen molar-refractivity contribution in [2.24, 2.45) is 0 Å². The first kappa shape index (κ1) is 25.7. The van der Waals surface area contributed by atoms with Gasteiger partial charge in [-0.1, -0.05) is 38.7 Å². The number of amides is 1. The topological polar surface area (TPSA) is 114 Å². The minimum atomic E-state index is -4.78. The zero-order valence-corrected chi connectivity index (χ0v) is 20.1. The highest BCUT2D eigenvalue weighted by molar-refractivity contribution is 7.80. The van der Waals surface area contributed by atoms with Crippen LogP contribution in [-0.2, 0) is 19.4 Å². The van der Waals surface area contributed by atoms with E-state index in [1.54, 1.807) is 18.2 Å². The fraction of sp³-hybridized carbons (Fsp3) is 0.696. The highest BCUT2D eigenvalue weighted by atomic mass is 32.3. The Morgan fingerprint density at radius 3 is 2.52 bits per heavy atom. The van der Waals surface area contributed by atoms with Gasteiger partial charge in [-0.05, 0) is 50.0 Å². The van der Waals surface area contributed by atoms with Gasteiger partial charge in [-0.25, -0.2) is 4.18 Å². The van der Waals surface area contributed by atoms with Crippen LogP contribution in [0.3, 0.4) is 0 Å². The molecular weight excluding hydrogens is 448 g/mol. The van der Waals surface area contributed by atoms with E-state index in [-0.39, 0.29) is 5.91 Å². The van der Waals surface area contributed by atoms with Crippen LogP contribution >= 0.6 is 0 Å². The summed E-state index contributed by atoms with van der Waals surface area (Å²) in [7, 11) is -4.78. The molecule has 186 valence electrons. The van der Waals surface area contributed by atoms with Gasteiger partial charge in [-0.3, -0.25) is 9.35 Å². The van der Waals surface area contributed by atoms with Gasteiger partial charge in [-0.2, -0.15) is 8.42 Å². The molecule has 2 aliphatic heterocycles. The molecule has 2 aliphatic rings. The SMILES string of the molecule is CCCCCCCC(=O)N[C@H](CN1CCCC1)[C@H](OS(=O)(=O)O)c1ccc2c(c1)OCCO2. The number of rotatable bonds is 13. The van der Waals surface area contributed by atoms with E-state index in [9.17, 15) is 17.8 Å². The molecule has 2 heterocycles. The van der Waals surface area contributed by atoms with Crippen LogP contribution in [0.4, 0.5) is 0 Å². The van der Waals surface area contributed by atoms with Gasteiger partial charge in [0.1, 0.15) is 19.3 Å². The van der Waals surface area contributed by atoms with Crippen molar-refractivity contribution >= 4 is 16.3 Å². The Morgan fingerprint density at radius 2 is 1.82 bits per heavy atom. The zero-order chi connectivity index (χ0) is 23.7. The Kier molecular flexibility index (Phi) is 9.78. The summed E-state index contributed by atoms with van der Waals surface area (Å²) in [6, 6.07) is 4.35.